The Kier molecular flexibility index (Phi) is 5.36. The third-order valence-corrected chi connectivity index (χ3v) is 4.45. The Hall–Kier alpha value is -1.67. The summed E-state index contributed by atoms with van der Waals surface area (Å²) in [6.45, 7) is 2.99. The molecule has 0 radical (unpaired) electrons. The number of nitrogens with zero attached hydrogens (tertiary/aromatic N) is 2. The number of amides is 2. The minimum absolute atomic E-state index is 0.0882. The third kappa shape index (κ3) is 4.96. The van der Waals surface area contributed by atoms with Gasteiger partial charge in [-0.05, 0) is 31.4 Å². The van der Waals surface area contributed by atoms with Gasteiger partial charge in [-0.25, -0.2) is 17.9 Å². The van der Waals surface area contributed by atoms with E-state index >= 15 is 0 Å². The monoisotopic (exact) mass is 326 g/mol. The second-order valence-corrected chi connectivity index (χ2v) is 7.39. The van der Waals surface area contributed by atoms with E-state index in [0.29, 0.717) is 25.9 Å². The zero-order valence-electron chi connectivity index (χ0n) is 12.8. The molecular weight excluding hydrogens is 304 g/mol. The summed E-state index contributed by atoms with van der Waals surface area (Å²) < 4.78 is 25.0. The van der Waals surface area contributed by atoms with Crippen molar-refractivity contribution in [3.8, 4) is 0 Å². The molecule has 0 saturated carbocycles. The highest BCUT2D eigenvalue weighted by atomic mass is 32.2. The Labute approximate surface area is 131 Å². The SMILES string of the molecule is C[C@@H](NC(=O)N1CCC(NS(C)(=O)=O)CC1)c1cccnc1. The Morgan fingerprint density at radius 3 is 2.64 bits per heavy atom. The molecule has 0 bridgehead atoms. The fourth-order valence-corrected chi connectivity index (χ4v) is 3.34. The number of sulfonamides is 1. The summed E-state index contributed by atoms with van der Waals surface area (Å²) in [5, 5.41) is 2.94. The first-order valence-electron chi connectivity index (χ1n) is 7.28. The summed E-state index contributed by atoms with van der Waals surface area (Å²) in [4.78, 5) is 18.0. The van der Waals surface area contributed by atoms with E-state index in [1.165, 1.54) is 0 Å². The summed E-state index contributed by atoms with van der Waals surface area (Å²) in [6, 6.07) is 3.41. The molecule has 0 unspecified atom stereocenters. The molecule has 122 valence electrons. The van der Waals surface area contributed by atoms with E-state index in [9.17, 15) is 13.2 Å². The number of aromatic nitrogens is 1. The number of carbonyl (C=O) groups is 1. The van der Waals surface area contributed by atoms with Crippen LogP contribution in [0.25, 0.3) is 0 Å². The maximum absolute atomic E-state index is 12.2. The number of rotatable bonds is 4. The average Bonchev–Trinajstić information content (AvgIpc) is 2.47. The predicted molar refractivity (Wildman–Crippen MR) is 83.8 cm³/mol. The van der Waals surface area contributed by atoms with Gasteiger partial charge in [-0.3, -0.25) is 4.98 Å². The Morgan fingerprint density at radius 1 is 1.41 bits per heavy atom. The maximum Gasteiger partial charge on any atom is 0.317 e. The molecule has 0 aromatic carbocycles. The number of carbonyl (C=O) groups excluding carboxylic acids is 1. The molecule has 1 aliphatic rings. The lowest BCUT2D eigenvalue weighted by molar-refractivity contribution is 0.177. The Morgan fingerprint density at radius 2 is 2.09 bits per heavy atom. The first-order valence-corrected chi connectivity index (χ1v) is 9.17. The molecule has 2 N–H and O–H groups in total. The number of nitrogens with one attached hydrogen (secondary N) is 2. The lowest BCUT2D eigenvalue weighted by Crippen LogP contribution is -2.49. The van der Waals surface area contributed by atoms with Crippen LogP contribution < -0.4 is 10.0 Å². The van der Waals surface area contributed by atoms with E-state index in [4.69, 9.17) is 0 Å². The van der Waals surface area contributed by atoms with E-state index in [-0.39, 0.29) is 18.1 Å². The van der Waals surface area contributed by atoms with Crippen LogP contribution in [0.15, 0.2) is 24.5 Å². The highest BCUT2D eigenvalue weighted by Crippen LogP contribution is 2.14. The van der Waals surface area contributed by atoms with E-state index in [1.807, 2.05) is 19.1 Å². The van der Waals surface area contributed by atoms with Crippen LogP contribution >= 0.6 is 0 Å². The van der Waals surface area contributed by atoms with Crippen molar-refractivity contribution in [2.45, 2.75) is 31.8 Å². The summed E-state index contributed by atoms with van der Waals surface area (Å²) in [5.74, 6) is 0. The average molecular weight is 326 g/mol. The van der Waals surface area contributed by atoms with Crippen molar-refractivity contribution in [2.75, 3.05) is 19.3 Å². The molecule has 2 amide bonds. The van der Waals surface area contributed by atoms with Gasteiger partial charge in [0.1, 0.15) is 0 Å². The molecule has 0 aliphatic carbocycles. The third-order valence-electron chi connectivity index (χ3n) is 3.69. The first kappa shape index (κ1) is 16.7. The summed E-state index contributed by atoms with van der Waals surface area (Å²) in [6.07, 6.45) is 5.83. The van der Waals surface area contributed by atoms with E-state index < -0.39 is 10.0 Å². The number of likely N-dealkylation sites (tertiary alicyclic amines) is 1. The molecule has 22 heavy (non-hydrogen) atoms. The molecule has 1 atom stereocenters. The molecular formula is C14H22N4O3S. The minimum atomic E-state index is -3.19. The van der Waals surface area contributed by atoms with Crippen molar-refractivity contribution in [1.82, 2.24) is 19.9 Å². The van der Waals surface area contributed by atoms with Crippen LogP contribution in [-0.2, 0) is 10.0 Å². The van der Waals surface area contributed by atoms with Crippen LogP contribution in [0.3, 0.4) is 0 Å². The van der Waals surface area contributed by atoms with Crippen LogP contribution in [0, 0.1) is 0 Å². The van der Waals surface area contributed by atoms with E-state index in [0.717, 1.165) is 11.8 Å². The number of urea groups is 1. The molecule has 7 nitrogen and oxygen atoms in total. The number of piperidine rings is 1. The quantitative estimate of drug-likeness (QED) is 0.859. The molecule has 1 fully saturated rings. The fraction of sp³-hybridized carbons (Fsp3) is 0.571. The van der Waals surface area contributed by atoms with Crippen LogP contribution in [-0.4, -0.2) is 49.7 Å². The van der Waals surface area contributed by atoms with Crippen molar-refractivity contribution < 1.29 is 13.2 Å². The lowest BCUT2D eigenvalue weighted by Gasteiger charge is -2.32. The molecule has 2 rings (SSSR count). The van der Waals surface area contributed by atoms with Gasteiger partial charge in [0, 0.05) is 31.5 Å². The topological polar surface area (TPSA) is 91.4 Å². The van der Waals surface area contributed by atoms with Gasteiger partial charge in [0.15, 0.2) is 0 Å². The number of hydrogen-bond acceptors (Lipinski definition) is 4. The molecule has 1 aliphatic heterocycles. The van der Waals surface area contributed by atoms with Crippen molar-refractivity contribution >= 4 is 16.1 Å². The molecule has 1 saturated heterocycles. The summed E-state index contributed by atoms with van der Waals surface area (Å²) in [5.41, 5.74) is 0.949. The van der Waals surface area contributed by atoms with Crippen molar-refractivity contribution in [3.63, 3.8) is 0 Å². The Bertz CT molecular complexity index is 598. The van der Waals surface area contributed by atoms with Gasteiger partial charge in [0.25, 0.3) is 0 Å². The van der Waals surface area contributed by atoms with Gasteiger partial charge in [0.2, 0.25) is 10.0 Å². The minimum Gasteiger partial charge on any atom is -0.331 e. The zero-order chi connectivity index (χ0) is 16.2. The van der Waals surface area contributed by atoms with Gasteiger partial charge < -0.3 is 10.2 Å². The lowest BCUT2D eigenvalue weighted by atomic mass is 10.1. The molecule has 1 aromatic heterocycles. The first-order chi connectivity index (χ1) is 10.3. The van der Waals surface area contributed by atoms with Crippen LogP contribution in [0.1, 0.15) is 31.4 Å². The van der Waals surface area contributed by atoms with Crippen molar-refractivity contribution in [2.24, 2.45) is 0 Å². The second kappa shape index (κ2) is 7.06. The van der Waals surface area contributed by atoms with E-state index in [1.54, 1.807) is 17.3 Å². The van der Waals surface area contributed by atoms with Gasteiger partial charge >= 0.3 is 6.03 Å². The van der Waals surface area contributed by atoms with Gasteiger partial charge in [-0.2, -0.15) is 0 Å². The van der Waals surface area contributed by atoms with Gasteiger partial charge in [0.05, 0.1) is 12.3 Å². The number of pyridine rings is 1. The second-order valence-electron chi connectivity index (χ2n) is 5.61. The molecule has 2 heterocycles. The van der Waals surface area contributed by atoms with Crippen molar-refractivity contribution in [1.29, 1.82) is 0 Å². The summed E-state index contributed by atoms with van der Waals surface area (Å²) in [7, 11) is -3.19. The standard InChI is InChI=1S/C14H22N4O3S/c1-11(12-4-3-7-15-10-12)16-14(19)18-8-5-13(6-9-18)17-22(2,20)21/h3-4,7,10-11,13,17H,5-6,8-9H2,1-2H3,(H,16,19)/t11-/m1/s1. The van der Waals surface area contributed by atoms with Crippen LogP contribution in [0.4, 0.5) is 4.79 Å². The largest absolute Gasteiger partial charge is 0.331 e. The van der Waals surface area contributed by atoms with Crippen molar-refractivity contribution in [3.05, 3.63) is 30.1 Å². The van der Waals surface area contributed by atoms with Gasteiger partial charge in [-0.15, -0.1) is 0 Å². The Balaban J connectivity index is 1.83. The normalized spacial score (nSPS) is 18.0. The van der Waals surface area contributed by atoms with Crippen LogP contribution in [0.2, 0.25) is 0 Å². The predicted octanol–water partition coefficient (Wildman–Crippen LogP) is 0.866. The maximum atomic E-state index is 12.2. The molecule has 0 spiro atoms. The highest BCUT2D eigenvalue weighted by Gasteiger charge is 2.25. The molecule has 1 aromatic rings. The summed E-state index contributed by atoms with van der Waals surface area (Å²) >= 11 is 0. The molecule has 8 heteroatoms. The zero-order valence-corrected chi connectivity index (χ0v) is 13.6. The van der Waals surface area contributed by atoms with E-state index in [2.05, 4.69) is 15.0 Å². The smallest absolute Gasteiger partial charge is 0.317 e. The highest BCUT2D eigenvalue weighted by molar-refractivity contribution is 7.88. The van der Waals surface area contributed by atoms with Gasteiger partial charge in [-0.1, -0.05) is 6.07 Å². The fourth-order valence-electron chi connectivity index (χ4n) is 2.50. The number of hydrogen-bond donors (Lipinski definition) is 2. The van der Waals surface area contributed by atoms with Crippen LogP contribution in [0.5, 0.6) is 0 Å².